The van der Waals surface area contributed by atoms with Crippen LogP contribution in [-0.2, 0) is 6.54 Å². The first-order valence-corrected chi connectivity index (χ1v) is 9.04. The van der Waals surface area contributed by atoms with Crippen LogP contribution in [0.2, 0.25) is 0 Å². The molecule has 0 amide bonds. The number of halogens is 4. The smallest absolute Gasteiger partial charge is 0.357 e. The Morgan fingerprint density at radius 3 is 2.57 bits per heavy atom. The van der Waals surface area contributed by atoms with Crippen LogP contribution in [0.3, 0.4) is 0 Å². The van der Waals surface area contributed by atoms with Crippen LogP contribution in [0.5, 0.6) is 0 Å². The number of aliphatic imine (C=N–C) groups is 1. The summed E-state index contributed by atoms with van der Waals surface area (Å²) in [6.07, 6.45) is -0.583. The molecular weight excluding hydrogens is 482 g/mol. The molecule has 0 fully saturated rings. The highest BCUT2D eigenvalue weighted by Gasteiger charge is 2.25. The van der Waals surface area contributed by atoms with Gasteiger partial charge in [0, 0.05) is 44.9 Å². The number of alkyl halides is 3. The van der Waals surface area contributed by atoms with Crippen molar-refractivity contribution < 1.29 is 13.2 Å². The van der Waals surface area contributed by atoms with Gasteiger partial charge in [0.2, 0.25) is 0 Å². The summed E-state index contributed by atoms with van der Waals surface area (Å²) >= 11 is 0. The van der Waals surface area contributed by atoms with E-state index >= 15 is 0 Å². The van der Waals surface area contributed by atoms with Crippen LogP contribution in [0, 0.1) is 0 Å². The Labute approximate surface area is 181 Å². The van der Waals surface area contributed by atoms with Crippen molar-refractivity contribution in [3.05, 3.63) is 48.3 Å². The first-order chi connectivity index (χ1) is 12.9. The summed E-state index contributed by atoms with van der Waals surface area (Å²) in [5.41, 5.74) is 2.00. The molecule has 0 saturated carbocycles. The summed E-state index contributed by atoms with van der Waals surface area (Å²) in [6.45, 7) is 3.61. The van der Waals surface area contributed by atoms with Crippen molar-refractivity contribution in [2.24, 2.45) is 4.99 Å². The van der Waals surface area contributed by atoms with E-state index in [2.05, 4.69) is 15.4 Å². The van der Waals surface area contributed by atoms with Crippen LogP contribution in [-0.4, -0.2) is 47.0 Å². The van der Waals surface area contributed by atoms with Crippen molar-refractivity contribution in [2.45, 2.75) is 38.9 Å². The average Bonchev–Trinajstić information content (AvgIpc) is 3.09. The van der Waals surface area contributed by atoms with Gasteiger partial charge in [-0.25, -0.2) is 4.68 Å². The molecule has 1 N–H and O–H groups in total. The number of rotatable bonds is 8. The molecule has 2 rings (SSSR count). The monoisotopic (exact) mass is 509 g/mol. The van der Waals surface area contributed by atoms with Gasteiger partial charge in [-0.05, 0) is 31.9 Å². The molecule has 1 aromatic carbocycles. The van der Waals surface area contributed by atoms with E-state index in [0.717, 1.165) is 11.3 Å². The average molecular weight is 509 g/mol. The second kappa shape index (κ2) is 11.9. The lowest BCUT2D eigenvalue weighted by atomic mass is 10.2. The lowest BCUT2D eigenvalue weighted by Crippen LogP contribution is -2.38. The second-order valence-electron chi connectivity index (χ2n) is 6.29. The third-order valence-corrected chi connectivity index (χ3v) is 3.90. The number of unbranched alkanes of at least 4 members (excludes halogenated alkanes) is 1. The molecule has 2 aromatic rings. The standard InChI is InChI=1S/C19H26F3N5.HI/c1-3-23-18(24-12-8-7-11-19(20,21)22)26(2)14-16-13-25-27(15-16)17-9-5-4-6-10-17;/h4-6,9-10,13,15H,3,7-8,11-12,14H2,1-2H3,(H,23,24);1H. The Hall–Kier alpha value is -1.78. The van der Waals surface area contributed by atoms with Gasteiger partial charge in [0.05, 0.1) is 11.9 Å². The third kappa shape index (κ3) is 8.49. The first kappa shape index (κ1) is 24.3. The Morgan fingerprint density at radius 2 is 1.93 bits per heavy atom. The number of guanidine groups is 1. The number of nitrogens with one attached hydrogen (secondary N) is 1. The quantitative estimate of drug-likeness (QED) is 0.245. The number of hydrogen-bond donors (Lipinski definition) is 1. The highest BCUT2D eigenvalue weighted by atomic mass is 127. The summed E-state index contributed by atoms with van der Waals surface area (Å²) < 4.78 is 38.4. The van der Waals surface area contributed by atoms with Gasteiger partial charge in [-0.2, -0.15) is 18.3 Å². The molecular formula is C19H27F3IN5. The van der Waals surface area contributed by atoms with Crippen molar-refractivity contribution in [3.63, 3.8) is 0 Å². The molecule has 0 spiro atoms. The summed E-state index contributed by atoms with van der Waals surface area (Å²) in [7, 11) is 1.90. The van der Waals surface area contributed by atoms with Crippen molar-refractivity contribution in [1.29, 1.82) is 0 Å². The summed E-state index contributed by atoms with van der Waals surface area (Å²) in [5, 5.41) is 7.55. The predicted octanol–water partition coefficient (Wildman–Crippen LogP) is 4.62. The van der Waals surface area contributed by atoms with Gasteiger partial charge in [0.1, 0.15) is 0 Å². The first-order valence-electron chi connectivity index (χ1n) is 9.04. The Bertz CT molecular complexity index is 716. The van der Waals surface area contributed by atoms with E-state index in [1.807, 2.05) is 60.1 Å². The molecule has 0 atom stereocenters. The van der Waals surface area contributed by atoms with Gasteiger partial charge < -0.3 is 10.2 Å². The molecule has 0 aliphatic rings. The van der Waals surface area contributed by atoms with E-state index in [4.69, 9.17) is 0 Å². The minimum Gasteiger partial charge on any atom is -0.357 e. The summed E-state index contributed by atoms with van der Waals surface area (Å²) in [4.78, 5) is 6.38. The van der Waals surface area contributed by atoms with Crippen LogP contribution < -0.4 is 5.32 Å². The SMILES string of the molecule is CCNC(=NCCCCC(F)(F)F)N(C)Cc1cnn(-c2ccccc2)c1.I. The van der Waals surface area contributed by atoms with Crippen molar-refractivity contribution in [1.82, 2.24) is 20.0 Å². The largest absolute Gasteiger partial charge is 0.389 e. The molecule has 1 aromatic heterocycles. The van der Waals surface area contributed by atoms with Crippen LogP contribution in [0.1, 0.15) is 31.7 Å². The van der Waals surface area contributed by atoms with Gasteiger partial charge in [-0.15, -0.1) is 24.0 Å². The maximum absolute atomic E-state index is 12.2. The molecule has 0 radical (unpaired) electrons. The fourth-order valence-corrected chi connectivity index (χ4v) is 2.60. The molecule has 0 saturated heterocycles. The van der Waals surface area contributed by atoms with Gasteiger partial charge in [0.25, 0.3) is 0 Å². The minimum atomic E-state index is -4.09. The van der Waals surface area contributed by atoms with E-state index in [0.29, 0.717) is 32.0 Å². The van der Waals surface area contributed by atoms with E-state index in [9.17, 15) is 13.2 Å². The molecule has 5 nitrogen and oxygen atoms in total. The normalized spacial score (nSPS) is 11.8. The number of nitrogens with zero attached hydrogens (tertiary/aromatic N) is 4. The molecule has 9 heteroatoms. The fourth-order valence-electron chi connectivity index (χ4n) is 2.60. The lowest BCUT2D eigenvalue weighted by molar-refractivity contribution is -0.135. The van der Waals surface area contributed by atoms with Crippen LogP contribution in [0.15, 0.2) is 47.7 Å². The molecule has 1 heterocycles. The molecule has 0 aliphatic heterocycles. The zero-order chi connectivity index (χ0) is 19.7. The highest BCUT2D eigenvalue weighted by molar-refractivity contribution is 14.0. The summed E-state index contributed by atoms with van der Waals surface area (Å²) in [5.74, 6) is 0.678. The van der Waals surface area contributed by atoms with E-state index in [1.54, 1.807) is 6.20 Å². The fraction of sp³-hybridized carbons (Fsp3) is 0.474. The number of benzene rings is 1. The Morgan fingerprint density at radius 1 is 1.21 bits per heavy atom. The molecule has 0 bridgehead atoms. The van der Waals surface area contributed by atoms with Crippen molar-refractivity contribution >= 4 is 29.9 Å². The highest BCUT2D eigenvalue weighted by Crippen LogP contribution is 2.22. The number of para-hydroxylation sites is 1. The Balaban J connectivity index is 0.00000392. The van der Waals surface area contributed by atoms with Crippen LogP contribution >= 0.6 is 24.0 Å². The zero-order valence-electron chi connectivity index (χ0n) is 16.1. The van der Waals surface area contributed by atoms with Crippen molar-refractivity contribution in [2.75, 3.05) is 20.1 Å². The van der Waals surface area contributed by atoms with Gasteiger partial charge in [0.15, 0.2) is 5.96 Å². The van der Waals surface area contributed by atoms with Gasteiger partial charge in [-0.3, -0.25) is 4.99 Å². The molecule has 28 heavy (non-hydrogen) atoms. The van der Waals surface area contributed by atoms with Crippen LogP contribution in [0.4, 0.5) is 13.2 Å². The maximum atomic E-state index is 12.2. The van der Waals surface area contributed by atoms with E-state index in [-0.39, 0.29) is 30.4 Å². The van der Waals surface area contributed by atoms with Crippen molar-refractivity contribution in [3.8, 4) is 5.69 Å². The maximum Gasteiger partial charge on any atom is 0.389 e. The lowest BCUT2D eigenvalue weighted by Gasteiger charge is -2.21. The summed E-state index contributed by atoms with van der Waals surface area (Å²) in [6, 6.07) is 9.82. The van der Waals surface area contributed by atoms with E-state index in [1.165, 1.54) is 0 Å². The zero-order valence-corrected chi connectivity index (χ0v) is 18.4. The molecule has 0 aliphatic carbocycles. The number of aromatic nitrogens is 2. The molecule has 0 unspecified atom stereocenters. The predicted molar refractivity (Wildman–Crippen MR) is 116 cm³/mol. The molecule has 156 valence electrons. The Kier molecular flexibility index (Phi) is 10.3. The van der Waals surface area contributed by atoms with Crippen LogP contribution in [0.25, 0.3) is 5.69 Å². The number of hydrogen-bond acceptors (Lipinski definition) is 2. The minimum absolute atomic E-state index is 0. The van der Waals surface area contributed by atoms with Gasteiger partial charge >= 0.3 is 6.18 Å². The van der Waals surface area contributed by atoms with Gasteiger partial charge in [-0.1, -0.05) is 18.2 Å². The topological polar surface area (TPSA) is 45.5 Å². The second-order valence-corrected chi connectivity index (χ2v) is 6.29. The third-order valence-electron chi connectivity index (χ3n) is 3.90. The van der Waals surface area contributed by atoms with E-state index < -0.39 is 12.6 Å².